The first kappa shape index (κ1) is 33.6. The lowest BCUT2D eigenvalue weighted by atomic mass is 9.43. The SMILES string of the molecule is COC1CCCC(C(=O)C[C@@H](CCCN=C(N)N[N+](=O)[O-])C(=O)N[C@@H](CC(C)C)B2O[C@@H]3C[C@@H]4C[C@@H](C4(C)C)[C@]3(C)O2)C1. The number of rotatable bonds is 14. The Labute approximate surface area is 256 Å². The molecule has 1 aliphatic heterocycles. The molecule has 1 amide bonds. The van der Waals surface area contributed by atoms with Gasteiger partial charge in [0.1, 0.15) is 5.78 Å². The Morgan fingerprint density at radius 1 is 1.21 bits per heavy atom. The van der Waals surface area contributed by atoms with Crippen molar-refractivity contribution in [2.45, 2.75) is 123 Å². The highest BCUT2D eigenvalue weighted by Crippen LogP contribution is 2.65. The lowest BCUT2D eigenvalue weighted by Crippen LogP contribution is -2.65. The van der Waals surface area contributed by atoms with E-state index in [1.807, 2.05) is 5.43 Å². The molecule has 13 heteroatoms. The molecule has 0 aromatic carbocycles. The van der Waals surface area contributed by atoms with E-state index in [-0.39, 0.29) is 71.6 Å². The molecule has 4 N–H and O–H groups in total. The lowest BCUT2D eigenvalue weighted by molar-refractivity contribution is -0.525. The zero-order chi connectivity index (χ0) is 31.5. The van der Waals surface area contributed by atoms with Gasteiger partial charge in [-0.25, -0.2) is 15.1 Å². The Bertz CT molecular complexity index is 1060. The summed E-state index contributed by atoms with van der Waals surface area (Å²) in [5.41, 5.74) is 7.21. The molecule has 8 atom stereocenters. The number of carbonyl (C=O) groups excluding carboxylic acids is 2. The average molecular weight is 606 g/mol. The summed E-state index contributed by atoms with van der Waals surface area (Å²) >= 11 is 0. The van der Waals surface area contributed by atoms with Crippen LogP contribution in [0, 0.1) is 45.1 Å². The van der Waals surface area contributed by atoms with Crippen molar-refractivity contribution in [3.63, 3.8) is 0 Å². The summed E-state index contributed by atoms with van der Waals surface area (Å²) < 4.78 is 18.8. The fourth-order valence-electron chi connectivity index (χ4n) is 8.17. The third-order valence-electron chi connectivity index (χ3n) is 10.8. The Balaban J connectivity index is 1.45. The Morgan fingerprint density at radius 2 is 1.95 bits per heavy atom. The maximum atomic E-state index is 13.9. The number of nitrogens with one attached hydrogen (secondary N) is 2. The average Bonchev–Trinajstić information content (AvgIpc) is 3.30. The van der Waals surface area contributed by atoms with E-state index in [9.17, 15) is 19.7 Å². The number of hydrogen-bond acceptors (Lipinski definition) is 8. The molecule has 12 nitrogen and oxygen atoms in total. The second-order valence-electron chi connectivity index (χ2n) is 14.4. The zero-order valence-corrected chi connectivity index (χ0v) is 26.8. The summed E-state index contributed by atoms with van der Waals surface area (Å²) in [4.78, 5) is 42.0. The van der Waals surface area contributed by atoms with Gasteiger partial charge in [0.05, 0.1) is 23.8 Å². The standard InChI is InChI=1S/C30H52BN5O7/c1-18(2)13-26(31-42-25-17-21-16-24(29(21,3)4)30(25,5)43-31)34-27(38)20(10-8-12-33-28(32)35-36(39)40)15-23(37)19-9-7-11-22(14-19)41-6/h18-22,24-26H,7-17H2,1-6H3,(H,34,38)(H3,32,33,35)/t19?,20-,21+,22?,24+,25-,26+,30+/m1/s1. The molecule has 43 heavy (non-hydrogen) atoms. The van der Waals surface area contributed by atoms with E-state index in [4.69, 9.17) is 19.8 Å². The molecule has 2 bridgehead atoms. The first-order valence-corrected chi connectivity index (χ1v) is 16.1. The van der Waals surface area contributed by atoms with Gasteiger partial charge in [-0.2, -0.15) is 0 Å². The highest BCUT2D eigenvalue weighted by atomic mass is 16.7. The molecule has 2 unspecified atom stereocenters. The monoisotopic (exact) mass is 605 g/mol. The van der Waals surface area contributed by atoms with Crippen molar-refractivity contribution in [2.75, 3.05) is 13.7 Å². The van der Waals surface area contributed by atoms with Gasteiger partial charge in [0.25, 0.3) is 5.96 Å². The molecular formula is C30H52BN5O7. The Kier molecular flexibility index (Phi) is 10.8. The van der Waals surface area contributed by atoms with Crippen molar-refractivity contribution in [1.82, 2.24) is 10.7 Å². The van der Waals surface area contributed by atoms with Crippen LogP contribution in [0.1, 0.15) is 98.8 Å². The van der Waals surface area contributed by atoms with Crippen molar-refractivity contribution in [3.05, 3.63) is 10.1 Å². The van der Waals surface area contributed by atoms with Gasteiger partial charge in [0.2, 0.25) is 5.91 Å². The van der Waals surface area contributed by atoms with Crippen molar-refractivity contribution < 1.29 is 28.7 Å². The molecule has 1 saturated heterocycles. The molecule has 4 aliphatic carbocycles. The number of amides is 1. The number of nitrogens with zero attached hydrogens (tertiary/aromatic N) is 2. The van der Waals surface area contributed by atoms with Crippen LogP contribution in [0.2, 0.25) is 0 Å². The highest BCUT2D eigenvalue weighted by molar-refractivity contribution is 6.47. The number of nitro groups is 1. The van der Waals surface area contributed by atoms with E-state index < -0.39 is 18.1 Å². The van der Waals surface area contributed by atoms with Crippen LogP contribution < -0.4 is 16.5 Å². The van der Waals surface area contributed by atoms with Crippen molar-refractivity contribution in [3.8, 4) is 0 Å². The van der Waals surface area contributed by atoms with E-state index in [0.29, 0.717) is 37.5 Å². The Morgan fingerprint density at radius 3 is 2.60 bits per heavy atom. The van der Waals surface area contributed by atoms with E-state index in [1.54, 1.807) is 7.11 Å². The maximum absolute atomic E-state index is 13.9. The summed E-state index contributed by atoms with van der Waals surface area (Å²) in [5, 5.41) is 13.1. The van der Waals surface area contributed by atoms with Gasteiger partial charge in [-0.15, -0.1) is 0 Å². The van der Waals surface area contributed by atoms with Gasteiger partial charge in [-0.05, 0) is 81.5 Å². The summed E-state index contributed by atoms with van der Waals surface area (Å²) in [7, 11) is 1.13. The number of ether oxygens (including phenoxy) is 1. The van der Waals surface area contributed by atoms with Crippen LogP contribution in [0.25, 0.3) is 0 Å². The molecule has 0 spiro atoms. The number of carbonyl (C=O) groups is 2. The molecule has 4 saturated carbocycles. The normalized spacial score (nSPS) is 32.9. The molecule has 1 heterocycles. The maximum Gasteiger partial charge on any atom is 0.481 e. The smallest absolute Gasteiger partial charge is 0.404 e. The summed E-state index contributed by atoms with van der Waals surface area (Å²) in [6.07, 6.45) is 7.18. The fourth-order valence-corrected chi connectivity index (χ4v) is 8.17. The summed E-state index contributed by atoms with van der Waals surface area (Å²) in [5.74, 6) is -0.132. The van der Waals surface area contributed by atoms with Crippen LogP contribution in [0.4, 0.5) is 0 Å². The number of guanidine groups is 1. The van der Waals surface area contributed by atoms with Gasteiger partial charge < -0.3 is 25.1 Å². The van der Waals surface area contributed by atoms with Gasteiger partial charge in [-0.3, -0.25) is 9.59 Å². The molecule has 242 valence electrons. The van der Waals surface area contributed by atoms with Crippen LogP contribution in [0.15, 0.2) is 4.99 Å². The summed E-state index contributed by atoms with van der Waals surface area (Å²) in [6, 6.07) is 0. The predicted molar refractivity (Wildman–Crippen MR) is 163 cm³/mol. The molecule has 5 rings (SSSR count). The molecule has 5 aliphatic rings. The second kappa shape index (κ2) is 13.8. The molecule has 5 fully saturated rings. The predicted octanol–water partition coefficient (Wildman–Crippen LogP) is 3.44. The number of methoxy groups -OCH3 is 1. The van der Waals surface area contributed by atoms with Crippen molar-refractivity contribution >= 4 is 24.8 Å². The van der Waals surface area contributed by atoms with Gasteiger partial charge in [-0.1, -0.05) is 39.5 Å². The molecule has 0 aromatic heterocycles. The Hall–Kier alpha value is -2.25. The number of ketones is 1. The van der Waals surface area contributed by atoms with Gasteiger partial charge >= 0.3 is 7.12 Å². The van der Waals surface area contributed by atoms with Crippen molar-refractivity contribution in [2.24, 2.45) is 45.7 Å². The topological polar surface area (TPSA) is 167 Å². The first-order chi connectivity index (χ1) is 20.2. The van der Waals surface area contributed by atoms with Gasteiger partial charge in [0, 0.05) is 31.9 Å². The number of Topliss-reactive ketones (excluding diaryl/α,β-unsaturated/α-hetero) is 1. The molecule has 0 aromatic rings. The third-order valence-corrected chi connectivity index (χ3v) is 10.8. The minimum Gasteiger partial charge on any atom is -0.404 e. The largest absolute Gasteiger partial charge is 0.481 e. The van der Waals surface area contributed by atoms with E-state index in [2.05, 4.69) is 44.9 Å². The van der Waals surface area contributed by atoms with Crippen LogP contribution >= 0.6 is 0 Å². The van der Waals surface area contributed by atoms with Crippen LogP contribution in [-0.4, -0.2) is 67.2 Å². The number of nitrogens with two attached hydrogens (primary N) is 1. The lowest BCUT2D eigenvalue weighted by Gasteiger charge is -2.64. The second-order valence-corrected chi connectivity index (χ2v) is 14.4. The summed E-state index contributed by atoms with van der Waals surface area (Å²) in [6.45, 7) is 11.2. The van der Waals surface area contributed by atoms with Crippen LogP contribution in [0.3, 0.4) is 0 Å². The minimum absolute atomic E-state index is 0.00865. The third kappa shape index (κ3) is 7.71. The van der Waals surface area contributed by atoms with Gasteiger partial charge in [0.15, 0.2) is 5.03 Å². The quantitative estimate of drug-likeness (QED) is 0.0671. The highest BCUT2D eigenvalue weighted by Gasteiger charge is 2.68. The van der Waals surface area contributed by atoms with E-state index in [1.165, 1.54) is 0 Å². The first-order valence-electron chi connectivity index (χ1n) is 16.1. The van der Waals surface area contributed by atoms with E-state index in [0.717, 1.165) is 32.1 Å². The number of hydrogen-bond donors (Lipinski definition) is 3. The number of aliphatic imine (C=N–C) groups is 1. The van der Waals surface area contributed by atoms with Crippen molar-refractivity contribution in [1.29, 1.82) is 0 Å². The minimum atomic E-state index is -0.770. The fraction of sp³-hybridized carbons (Fsp3) is 0.900. The number of hydrazine groups is 1. The van der Waals surface area contributed by atoms with Crippen LogP contribution in [-0.2, 0) is 23.6 Å². The molecular weight excluding hydrogens is 553 g/mol. The van der Waals surface area contributed by atoms with E-state index >= 15 is 0 Å². The molecule has 0 radical (unpaired) electrons. The van der Waals surface area contributed by atoms with Crippen LogP contribution in [0.5, 0.6) is 0 Å². The zero-order valence-electron chi connectivity index (χ0n) is 26.8.